The molecule has 78 valence electrons. The molecule has 0 unspecified atom stereocenters. The molecular weight excluding hydrogens is 204 g/mol. The van der Waals surface area contributed by atoms with E-state index in [-0.39, 0.29) is 12.2 Å². The summed E-state index contributed by atoms with van der Waals surface area (Å²) < 4.78 is 51.3. The number of pyridine rings is 1. The van der Waals surface area contributed by atoms with Crippen molar-refractivity contribution in [2.75, 3.05) is 0 Å². The number of alkyl halides is 3. The van der Waals surface area contributed by atoms with E-state index in [1.807, 2.05) is 0 Å². The lowest BCUT2D eigenvalue weighted by Crippen LogP contribution is -2.18. The van der Waals surface area contributed by atoms with E-state index in [0.29, 0.717) is 6.20 Å². The monoisotopic (exact) mass is 210 g/mol. The Hall–Kier alpha value is -1.37. The summed E-state index contributed by atoms with van der Waals surface area (Å²) in [6.45, 7) is -0.0888. The van der Waals surface area contributed by atoms with Crippen LogP contribution in [0.5, 0.6) is 5.75 Å². The van der Waals surface area contributed by atoms with Gasteiger partial charge in [-0.15, -0.1) is 13.2 Å². The van der Waals surface area contributed by atoms with Gasteiger partial charge in [0, 0.05) is 12.6 Å². The average Bonchev–Trinajstić information content (AvgIpc) is 2.06. The van der Waals surface area contributed by atoms with Crippen LogP contribution in [0.1, 0.15) is 5.69 Å². The lowest BCUT2D eigenvalue weighted by molar-refractivity contribution is -0.275. The van der Waals surface area contributed by atoms with Gasteiger partial charge < -0.3 is 10.5 Å². The number of aromatic nitrogens is 1. The minimum atomic E-state index is -4.92. The van der Waals surface area contributed by atoms with E-state index in [1.165, 1.54) is 0 Å². The molecule has 0 aromatic carbocycles. The van der Waals surface area contributed by atoms with Crippen molar-refractivity contribution in [3.05, 3.63) is 23.8 Å². The first-order chi connectivity index (χ1) is 6.42. The molecule has 1 rings (SSSR count). The lowest BCUT2D eigenvalue weighted by atomic mass is 10.3. The van der Waals surface area contributed by atoms with E-state index in [9.17, 15) is 17.6 Å². The van der Waals surface area contributed by atoms with Crippen molar-refractivity contribution in [1.82, 2.24) is 4.98 Å². The number of hydrogen-bond acceptors (Lipinski definition) is 3. The predicted molar refractivity (Wildman–Crippen MR) is 38.8 cm³/mol. The number of hydrogen-bond donors (Lipinski definition) is 1. The third kappa shape index (κ3) is 2.84. The van der Waals surface area contributed by atoms with Crippen LogP contribution < -0.4 is 10.5 Å². The molecule has 1 aromatic rings. The van der Waals surface area contributed by atoms with Crippen LogP contribution in [0.3, 0.4) is 0 Å². The van der Waals surface area contributed by atoms with Crippen LogP contribution in [-0.4, -0.2) is 11.3 Å². The maximum atomic E-state index is 12.7. The summed E-state index contributed by atoms with van der Waals surface area (Å²) in [5.74, 6) is -2.10. The van der Waals surface area contributed by atoms with Crippen LogP contribution >= 0.6 is 0 Å². The van der Waals surface area contributed by atoms with Gasteiger partial charge in [-0.1, -0.05) is 0 Å². The Morgan fingerprint density at radius 3 is 2.57 bits per heavy atom. The van der Waals surface area contributed by atoms with Crippen LogP contribution in [-0.2, 0) is 6.54 Å². The number of rotatable bonds is 2. The van der Waals surface area contributed by atoms with E-state index in [0.717, 1.165) is 6.07 Å². The van der Waals surface area contributed by atoms with E-state index >= 15 is 0 Å². The summed E-state index contributed by atoms with van der Waals surface area (Å²) in [5.41, 5.74) is 5.23. The van der Waals surface area contributed by atoms with Crippen molar-refractivity contribution in [2.24, 2.45) is 5.73 Å². The van der Waals surface area contributed by atoms with Gasteiger partial charge in [-0.2, -0.15) is 0 Å². The molecule has 0 atom stereocenters. The van der Waals surface area contributed by atoms with Crippen LogP contribution in [0.25, 0.3) is 0 Å². The number of ether oxygens (including phenoxy) is 1. The molecule has 14 heavy (non-hydrogen) atoms. The third-order valence-corrected chi connectivity index (χ3v) is 1.31. The summed E-state index contributed by atoms with van der Waals surface area (Å²) in [6.07, 6.45) is -4.29. The summed E-state index contributed by atoms with van der Waals surface area (Å²) >= 11 is 0. The smallest absolute Gasteiger partial charge is 0.403 e. The Balaban J connectivity index is 2.95. The maximum absolute atomic E-state index is 12.7. The zero-order valence-corrected chi connectivity index (χ0v) is 6.81. The van der Waals surface area contributed by atoms with E-state index in [1.54, 1.807) is 0 Å². The van der Waals surface area contributed by atoms with Crippen molar-refractivity contribution in [3.8, 4) is 5.75 Å². The largest absolute Gasteiger partial charge is 0.573 e. The highest BCUT2D eigenvalue weighted by atomic mass is 19.4. The molecule has 0 spiro atoms. The summed E-state index contributed by atoms with van der Waals surface area (Å²) in [4.78, 5) is 3.44. The molecule has 0 saturated carbocycles. The standard InChI is InChI=1S/C7H6F4N2O/c8-5-3-13-4(2-12)1-6(5)14-7(9,10)11/h1,3H,2,12H2. The average molecular weight is 210 g/mol. The second-order valence-corrected chi connectivity index (χ2v) is 2.36. The molecule has 0 radical (unpaired) electrons. The van der Waals surface area contributed by atoms with Gasteiger partial charge in [0.05, 0.1) is 11.9 Å². The maximum Gasteiger partial charge on any atom is 0.573 e. The van der Waals surface area contributed by atoms with E-state index < -0.39 is 17.9 Å². The first-order valence-corrected chi connectivity index (χ1v) is 3.52. The Morgan fingerprint density at radius 1 is 1.43 bits per heavy atom. The predicted octanol–water partition coefficient (Wildman–Crippen LogP) is 1.58. The highest BCUT2D eigenvalue weighted by Crippen LogP contribution is 2.25. The molecule has 0 amide bonds. The van der Waals surface area contributed by atoms with Gasteiger partial charge in [0.15, 0.2) is 11.6 Å². The van der Waals surface area contributed by atoms with Gasteiger partial charge >= 0.3 is 6.36 Å². The van der Waals surface area contributed by atoms with Gasteiger partial charge in [-0.3, -0.25) is 4.98 Å². The SMILES string of the molecule is NCc1cc(OC(F)(F)F)c(F)cn1. The summed E-state index contributed by atoms with van der Waals surface area (Å²) in [5, 5.41) is 0. The molecule has 1 heterocycles. The zero-order valence-electron chi connectivity index (χ0n) is 6.81. The second kappa shape index (κ2) is 3.79. The first kappa shape index (κ1) is 10.7. The first-order valence-electron chi connectivity index (χ1n) is 3.52. The normalized spacial score (nSPS) is 11.5. The van der Waals surface area contributed by atoms with Crippen LogP contribution in [0.15, 0.2) is 12.3 Å². The van der Waals surface area contributed by atoms with Crippen LogP contribution in [0, 0.1) is 5.82 Å². The van der Waals surface area contributed by atoms with Gasteiger partial charge in [0.2, 0.25) is 0 Å². The molecule has 0 aliphatic rings. The number of halogens is 4. The minimum absolute atomic E-state index is 0.0888. The van der Waals surface area contributed by atoms with Crippen molar-refractivity contribution >= 4 is 0 Å². The molecule has 0 bridgehead atoms. The van der Waals surface area contributed by atoms with Crippen molar-refractivity contribution in [1.29, 1.82) is 0 Å². The Morgan fingerprint density at radius 2 is 2.07 bits per heavy atom. The fourth-order valence-electron chi connectivity index (χ4n) is 0.775. The van der Waals surface area contributed by atoms with Crippen LogP contribution in [0.2, 0.25) is 0 Å². The molecule has 1 aromatic heterocycles. The fourth-order valence-corrected chi connectivity index (χ4v) is 0.775. The molecule has 0 fully saturated rings. The number of nitrogens with two attached hydrogens (primary N) is 1. The van der Waals surface area contributed by atoms with Crippen molar-refractivity contribution in [3.63, 3.8) is 0 Å². The van der Waals surface area contributed by atoms with Gasteiger partial charge in [-0.25, -0.2) is 4.39 Å². The van der Waals surface area contributed by atoms with E-state index in [2.05, 4.69) is 9.72 Å². The summed E-state index contributed by atoms with van der Waals surface area (Å²) in [7, 11) is 0. The molecule has 2 N–H and O–H groups in total. The van der Waals surface area contributed by atoms with Crippen LogP contribution in [0.4, 0.5) is 17.6 Å². The Kier molecular flexibility index (Phi) is 2.90. The molecule has 0 saturated heterocycles. The Bertz CT molecular complexity index is 326. The zero-order chi connectivity index (χ0) is 10.8. The summed E-state index contributed by atoms with van der Waals surface area (Å²) in [6, 6.07) is 0.808. The molecular formula is C7H6F4N2O. The minimum Gasteiger partial charge on any atom is -0.403 e. The van der Waals surface area contributed by atoms with Crippen molar-refractivity contribution in [2.45, 2.75) is 12.9 Å². The quantitative estimate of drug-likeness (QED) is 0.754. The fraction of sp³-hybridized carbons (Fsp3) is 0.286. The topological polar surface area (TPSA) is 48.1 Å². The van der Waals surface area contributed by atoms with Gasteiger partial charge in [0.1, 0.15) is 0 Å². The highest BCUT2D eigenvalue weighted by Gasteiger charge is 2.32. The van der Waals surface area contributed by atoms with Gasteiger partial charge in [-0.05, 0) is 0 Å². The lowest BCUT2D eigenvalue weighted by Gasteiger charge is -2.09. The van der Waals surface area contributed by atoms with E-state index in [4.69, 9.17) is 5.73 Å². The molecule has 0 aliphatic heterocycles. The third-order valence-electron chi connectivity index (χ3n) is 1.31. The Labute approximate surface area is 76.5 Å². The number of nitrogens with zero attached hydrogens (tertiary/aromatic N) is 1. The second-order valence-electron chi connectivity index (χ2n) is 2.36. The molecule has 7 heteroatoms. The van der Waals surface area contributed by atoms with Crippen molar-refractivity contribution < 1.29 is 22.3 Å². The highest BCUT2D eigenvalue weighted by molar-refractivity contribution is 5.24. The molecule has 0 aliphatic carbocycles. The van der Waals surface area contributed by atoms with Gasteiger partial charge in [0.25, 0.3) is 0 Å². The molecule has 3 nitrogen and oxygen atoms in total.